The first kappa shape index (κ1) is 14.4. The van der Waals surface area contributed by atoms with Gasteiger partial charge in [0.2, 0.25) is 0 Å². The van der Waals surface area contributed by atoms with E-state index in [0.29, 0.717) is 6.04 Å². The first-order valence-electron chi connectivity index (χ1n) is 6.99. The second kappa shape index (κ2) is 5.99. The summed E-state index contributed by atoms with van der Waals surface area (Å²) in [6.07, 6.45) is 3.75. The van der Waals surface area contributed by atoms with Crippen LogP contribution in [-0.2, 0) is 6.54 Å². The molecular formula is C15H26N4. The van der Waals surface area contributed by atoms with Gasteiger partial charge in [-0.3, -0.25) is 9.88 Å². The summed E-state index contributed by atoms with van der Waals surface area (Å²) in [6.45, 7) is 8.84. The van der Waals surface area contributed by atoms with E-state index in [-0.39, 0.29) is 5.54 Å². The van der Waals surface area contributed by atoms with E-state index in [4.69, 9.17) is 0 Å². The molecule has 1 aliphatic heterocycles. The van der Waals surface area contributed by atoms with Crippen LogP contribution in [0, 0.1) is 0 Å². The highest BCUT2D eigenvalue weighted by atomic mass is 15.3. The smallest absolute Gasteiger partial charge is 0.0323 e. The minimum absolute atomic E-state index is 0.200. The van der Waals surface area contributed by atoms with Crippen molar-refractivity contribution in [2.24, 2.45) is 0 Å². The molecule has 1 aliphatic rings. The summed E-state index contributed by atoms with van der Waals surface area (Å²) >= 11 is 0. The van der Waals surface area contributed by atoms with Crippen molar-refractivity contribution < 1.29 is 0 Å². The number of rotatable bonds is 4. The quantitative estimate of drug-likeness (QED) is 0.883. The maximum Gasteiger partial charge on any atom is 0.0323 e. The lowest BCUT2D eigenvalue weighted by atomic mass is 9.96. The van der Waals surface area contributed by atoms with E-state index >= 15 is 0 Å². The molecule has 2 rings (SSSR count). The van der Waals surface area contributed by atoms with Gasteiger partial charge < -0.3 is 10.2 Å². The summed E-state index contributed by atoms with van der Waals surface area (Å²) in [4.78, 5) is 8.92. The number of hydrogen-bond donors (Lipinski definition) is 1. The molecule has 106 valence electrons. The van der Waals surface area contributed by atoms with Gasteiger partial charge in [0.15, 0.2) is 0 Å². The predicted octanol–water partition coefficient (Wildman–Crippen LogP) is 1.20. The van der Waals surface area contributed by atoms with Crippen molar-refractivity contribution in [2.75, 3.05) is 33.7 Å². The molecule has 4 nitrogen and oxygen atoms in total. The molecule has 19 heavy (non-hydrogen) atoms. The molecule has 4 heteroatoms. The van der Waals surface area contributed by atoms with E-state index in [1.165, 1.54) is 5.56 Å². The number of piperazine rings is 1. The van der Waals surface area contributed by atoms with Crippen molar-refractivity contribution in [3.05, 3.63) is 30.1 Å². The minimum Gasteiger partial charge on any atom is -0.310 e. The summed E-state index contributed by atoms with van der Waals surface area (Å²) in [6, 6.07) is 4.77. The third kappa shape index (κ3) is 4.00. The summed E-state index contributed by atoms with van der Waals surface area (Å²) < 4.78 is 0. The van der Waals surface area contributed by atoms with Gasteiger partial charge in [0.05, 0.1) is 0 Å². The first-order chi connectivity index (χ1) is 8.97. The zero-order chi connectivity index (χ0) is 13.9. The highest BCUT2D eigenvalue weighted by molar-refractivity contribution is 5.11. The van der Waals surface area contributed by atoms with Crippen LogP contribution in [0.15, 0.2) is 24.5 Å². The maximum atomic E-state index is 4.09. The Hall–Kier alpha value is -0.970. The fourth-order valence-corrected chi connectivity index (χ4v) is 2.63. The van der Waals surface area contributed by atoms with Gasteiger partial charge >= 0.3 is 0 Å². The zero-order valence-corrected chi connectivity index (χ0v) is 12.6. The van der Waals surface area contributed by atoms with Crippen molar-refractivity contribution in [3.63, 3.8) is 0 Å². The summed E-state index contributed by atoms with van der Waals surface area (Å²) in [5.41, 5.74) is 1.54. The van der Waals surface area contributed by atoms with Crippen LogP contribution in [0.5, 0.6) is 0 Å². The molecule has 0 radical (unpaired) electrons. The molecule has 1 unspecified atom stereocenters. The van der Waals surface area contributed by atoms with Crippen LogP contribution < -0.4 is 5.32 Å². The van der Waals surface area contributed by atoms with Crippen LogP contribution in [0.1, 0.15) is 19.4 Å². The van der Waals surface area contributed by atoms with E-state index < -0.39 is 0 Å². The lowest BCUT2D eigenvalue weighted by Gasteiger charge is -2.46. The van der Waals surface area contributed by atoms with Crippen molar-refractivity contribution in [3.8, 4) is 0 Å². The molecule has 2 heterocycles. The van der Waals surface area contributed by atoms with Gasteiger partial charge in [0.25, 0.3) is 0 Å². The Kier molecular flexibility index (Phi) is 4.55. The monoisotopic (exact) mass is 262 g/mol. The van der Waals surface area contributed by atoms with Crippen molar-refractivity contribution >= 4 is 0 Å². The third-order valence-corrected chi connectivity index (χ3v) is 3.83. The molecular weight excluding hydrogens is 236 g/mol. The largest absolute Gasteiger partial charge is 0.310 e. The van der Waals surface area contributed by atoms with Gasteiger partial charge in [-0.1, -0.05) is 0 Å². The molecule has 1 aromatic heterocycles. The Labute approximate surface area is 116 Å². The second-order valence-corrected chi connectivity index (χ2v) is 6.39. The highest BCUT2D eigenvalue weighted by Gasteiger charge is 2.33. The Morgan fingerprint density at radius 2 is 2.05 bits per heavy atom. The fraction of sp³-hybridized carbons (Fsp3) is 0.667. The Morgan fingerprint density at radius 1 is 1.37 bits per heavy atom. The normalized spacial score (nSPS) is 23.7. The molecule has 1 saturated heterocycles. The molecule has 0 saturated carbocycles. The van der Waals surface area contributed by atoms with E-state index in [9.17, 15) is 0 Å². The molecule has 0 aromatic carbocycles. The number of pyridine rings is 1. The number of likely N-dealkylation sites (N-methyl/N-ethyl adjacent to an activating group) is 1. The van der Waals surface area contributed by atoms with Gasteiger partial charge in [0.1, 0.15) is 0 Å². The lowest BCUT2D eigenvalue weighted by molar-refractivity contribution is 0.0521. The van der Waals surface area contributed by atoms with E-state index in [1.807, 2.05) is 12.4 Å². The van der Waals surface area contributed by atoms with Gasteiger partial charge in [-0.25, -0.2) is 0 Å². The second-order valence-electron chi connectivity index (χ2n) is 6.39. The van der Waals surface area contributed by atoms with Gasteiger partial charge in [-0.2, -0.15) is 0 Å². The van der Waals surface area contributed by atoms with Crippen LogP contribution in [0.25, 0.3) is 0 Å². The van der Waals surface area contributed by atoms with E-state index in [2.05, 4.69) is 60.2 Å². The third-order valence-electron chi connectivity index (χ3n) is 3.83. The van der Waals surface area contributed by atoms with Crippen LogP contribution in [0.3, 0.4) is 0 Å². The predicted molar refractivity (Wildman–Crippen MR) is 79.1 cm³/mol. The van der Waals surface area contributed by atoms with E-state index in [0.717, 1.165) is 26.2 Å². The average Bonchev–Trinajstić information content (AvgIpc) is 2.34. The van der Waals surface area contributed by atoms with Gasteiger partial charge in [-0.05, 0) is 45.6 Å². The number of nitrogens with one attached hydrogen (secondary N) is 1. The maximum absolute atomic E-state index is 4.09. The van der Waals surface area contributed by atoms with Crippen molar-refractivity contribution in [1.29, 1.82) is 0 Å². The van der Waals surface area contributed by atoms with Crippen molar-refractivity contribution in [2.45, 2.75) is 32.0 Å². The summed E-state index contributed by atoms with van der Waals surface area (Å²) in [5, 5.41) is 3.66. The topological polar surface area (TPSA) is 31.4 Å². The fourth-order valence-electron chi connectivity index (χ4n) is 2.63. The molecule has 0 bridgehead atoms. The van der Waals surface area contributed by atoms with E-state index in [1.54, 1.807) is 0 Å². The molecule has 1 N–H and O–H groups in total. The lowest BCUT2D eigenvalue weighted by Crippen LogP contribution is -2.63. The van der Waals surface area contributed by atoms with Crippen LogP contribution >= 0.6 is 0 Å². The van der Waals surface area contributed by atoms with Crippen molar-refractivity contribution in [1.82, 2.24) is 20.1 Å². The van der Waals surface area contributed by atoms with Gasteiger partial charge in [0, 0.05) is 50.2 Å². The van der Waals surface area contributed by atoms with Crippen LogP contribution in [0.2, 0.25) is 0 Å². The molecule has 0 amide bonds. The molecule has 1 atom stereocenters. The number of hydrogen-bond acceptors (Lipinski definition) is 4. The number of aromatic nitrogens is 1. The van der Waals surface area contributed by atoms with Gasteiger partial charge in [-0.15, -0.1) is 0 Å². The molecule has 0 aliphatic carbocycles. The molecule has 1 fully saturated rings. The molecule has 0 spiro atoms. The summed E-state index contributed by atoms with van der Waals surface area (Å²) in [7, 11) is 4.27. The minimum atomic E-state index is 0.200. The van der Waals surface area contributed by atoms with Crippen LogP contribution in [-0.4, -0.2) is 60.1 Å². The SMILES string of the molecule is CN(C)CC1CN(Cc2ccncc2)C(C)(C)CN1. The standard InChI is InChI=1S/C15H26N4/c1-15(2)12-17-14(10-18(3)4)11-19(15)9-13-5-7-16-8-6-13/h5-8,14,17H,9-12H2,1-4H3. The Balaban J connectivity index is 2.02. The Morgan fingerprint density at radius 3 is 2.68 bits per heavy atom. The Bertz CT molecular complexity index is 388. The highest BCUT2D eigenvalue weighted by Crippen LogP contribution is 2.21. The summed E-state index contributed by atoms with van der Waals surface area (Å²) in [5.74, 6) is 0. The zero-order valence-electron chi connectivity index (χ0n) is 12.6. The van der Waals surface area contributed by atoms with Crippen LogP contribution in [0.4, 0.5) is 0 Å². The average molecular weight is 262 g/mol. The number of nitrogens with zero attached hydrogens (tertiary/aromatic N) is 3. The molecule has 1 aromatic rings. The first-order valence-corrected chi connectivity index (χ1v) is 6.99.